The normalized spacial score (nSPS) is 15.9. The molecule has 28 heavy (non-hydrogen) atoms. The Balaban J connectivity index is 1.75. The molecule has 7 heteroatoms. The molecule has 0 bridgehead atoms. The number of anilines is 1. The van der Waals surface area contributed by atoms with Gasteiger partial charge in [0.15, 0.2) is 5.13 Å². The summed E-state index contributed by atoms with van der Waals surface area (Å²) in [4.78, 5) is 30.5. The zero-order valence-electron chi connectivity index (χ0n) is 15.9. The second-order valence-corrected chi connectivity index (χ2v) is 8.67. The van der Waals surface area contributed by atoms with Crippen LogP contribution in [0, 0.1) is 11.8 Å². The Hall–Kier alpha value is -1.92. The third kappa shape index (κ3) is 5.11. The molecule has 0 saturated heterocycles. The first kappa shape index (κ1) is 20.8. The van der Waals surface area contributed by atoms with E-state index >= 15 is 0 Å². The summed E-state index contributed by atoms with van der Waals surface area (Å²) in [7, 11) is 1.67. The van der Waals surface area contributed by atoms with E-state index in [2.05, 4.69) is 4.98 Å². The number of aliphatic carboxylic acids is 1. The number of halogens is 1. The number of hydrogen-bond acceptors (Lipinski definition) is 4. The fraction of sp³-hybridized carbons (Fsp3) is 0.476. The lowest BCUT2D eigenvalue weighted by molar-refractivity contribution is -0.140. The van der Waals surface area contributed by atoms with E-state index in [1.807, 2.05) is 23.6 Å². The Bertz CT molecular complexity index is 833. The molecular formula is C21H25ClN2O3S. The zero-order valence-corrected chi connectivity index (χ0v) is 17.5. The first-order valence-corrected chi connectivity index (χ1v) is 10.9. The van der Waals surface area contributed by atoms with Crippen LogP contribution in [0.1, 0.15) is 44.9 Å². The Morgan fingerprint density at radius 2 is 2.00 bits per heavy atom. The number of rotatable bonds is 7. The highest BCUT2D eigenvalue weighted by Crippen LogP contribution is 2.34. The van der Waals surface area contributed by atoms with Crippen molar-refractivity contribution in [1.29, 1.82) is 0 Å². The van der Waals surface area contributed by atoms with Crippen molar-refractivity contribution in [2.24, 2.45) is 11.8 Å². The molecular weight excluding hydrogens is 396 g/mol. The van der Waals surface area contributed by atoms with Gasteiger partial charge in [0.2, 0.25) is 5.91 Å². The second-order valence-electron chi connectivity index (χ2n) is 7.43. The molecule has 1 amide bonds. The molecule has 1 unspecified atom stereocenters. The summed E-state index contributed by atoms with van der Waals surface area (Å²) < 4.78 is 0. The van der Waals surface area contributed by atoms with Crippen LogP contribution in [0.15, 0.2) is 29.6 Å². The van der Waals surface area contributed by atoms with Gasteiger partial charge in [-0.25, -0.2) is 4.98 Å². The lowest BCUT2D eigenvalue weighted by atomic mass is 9.81. The molecule has 0 aliphatic heterocycles. The van der Waals surface area contributed by atoms with E-state index in [0.29, 0.717) is 28.2 Å². The minimum absolute atomic E-state index is 0.136. The van der Waals surface area contributed by atoms with Crippen molar-refractivity contribution < 1.29 is 14.7 Å². The predicted octanol–water partition coefficient (Wildman–Crippen LogP) is 5.49. The maximum absolute atomic E-state index is 13.1. The summed E-state index contributed by atoms with van der Waals surface area (Å²) in [6.07, 6.45) is 6.24. The van der Waals surface area contributed by atoms with Gasteiger partial charge in [-0.1, -0.05) is 61.9 Å². The van der Waals surface area contributed by atoms with Gasteiger partial charge in [-0.3, -0.25) is 14.5 Å². The van der Waals surface area contributed by atoms with Gasteiger partial charge < -0.3 is 5.11 Å². The lowest BCUT2D eigenvalue weighted by Crippen LogP contribution is -2.35. The molecule has 150 valence electrons. The molecule has 0 radical (unpaired) electrons. The van der Waals surface area contributed by atoms with Gasteiger partial charge in [0.25, 0.3) is 0 Å². The Labute approximate surface area is 174 Å². The highest BCUT2D eigenvalue weighted by Gasteiger charge is 2.30. The molecule has 1 aliphatic rings. The number of hydrogen-bond donors (Lipinski definition) is 1. The van der Waals surface area contributed by atoms with Crippen molar-refractivity contribution in [1.82, 2.24) is 4.98 Å². The number of benzene rings is 1. The van der Waals surface area contributed by atoms with Gasteiger partial charge >= 0.3 is 5.97 Å². The van der Waals surface area contributed by atoms with Crippen molar-refractivity contribution in [3.05, 3.63) is 34.7 Å². The van der Waals surface area contributed by atoms with E-state index in [0.717, 1.165) is 18.4 Å². The van der Waals surface area contributed by atoms with E-state index < -0.39 is 11.9 Å². The molecule has 1 fully saturated rings. The summed E-state index contributed by atoms with van der Waals surface area (Å²) in [5.41, 5.74) is 1.53. The van der Waals surface area contributed by atoms with Gasteiger partial charge in [0.05, 0.1) is 12.1 Å². The van der Waals surface area contributed by atoms with Gasteiger partial charge in [0.1, 0.15) is 0 Å². The number of carbonyl (C=O) groups is 2. The molecule has 1 saturated carbocycles. The molecule has 1 atom stereocenters. The van der Waals surface area contributed by atoms with Crippen molar-refractivity contribution in [2.45, 2.75) is 44.9 Å². The predicted molar refractivity (Wildman–Crippen MR) is 113 cm³/mol. The Kier molecular flexibility index (Phi) is 7.08. The number of amides is 1. The van der Waals surface area contributed by atoms with Crippen LogP contribution in [0.4, 0.5) is 5.13 Å². The average Bonchev–Trinajstić information content (AvgIpc) is 3.17. The number of aromatic nitrogens is 1. The van der Waals surface area contributed by atoms with E-state index in [-0.39, 0.29) is 12.3 Å². The van der Waals surface area contributed by atoms with Crippen LogP contribution in [0.5, 0.6) is 0 Å². The standard InChI is InChI=1S/C21H25ClN2O3S/c1-24(21-23-18(13-28-21)16-9-5-6-10-17(16)22)20(27)15(12-19(25)26)11-14-7-3-2-4-8-14/h5-6,9-10,13-15H,2-4,7-8,11-12H2,1H3,(H,25,26). The van der Waals surface area contributed by atoms with E-state index in [1.165, 1.54) is 35.5 Å². The Morgan fingerprint density at radius 1 is 1.29 bits per heavy atom. The van der Waals surface area contributed by atoms with Gasteiger partial charge in [-0.05, 0) is 18.4 Å². The summed E-state index contributed by atoms with van der Waals surface area (Å²) >= 11 is 7.60. The Morgan fingerprint density at radius 3 is 2.68 bits per heavy atom. The second kappa shape index (κ2) is 9.52. The minimum Gasteiger partial charge on any atom is -0.481 e. The topological polar surface area (TPSA) is 70.5 Å². The van der Waals surface area contributed by atoms with Gasteiger partial charge in [-0.2, -0.15) is 0 Å². The van der Waals surface area contributed by atoms with Crippen LogP contribution in [0.25, 0.3) is 11.3 Å². The van der Waals surface area contributed by atoms with Crippen LogP contribution in [0.3, 0.4) is 0 Å². The third-order valence-electron chi connectivity index (χ3n) is 5.37. The van der Waals surface area contributed by atoms with Crippen LogP contribution in [0.2, 0.25) is 5.02 Å². The highest BCUT2D eigenvalue weighted by molar-refractivity contribution is 7.14. The molecule has 1 aromatic carbocycles. The lowest BCUT2D eigenvalue weighted by Gasteiger charge is -2.27. The summed E-state index contributed by atoms with van der Waals surface area (Å²) in [5, 5.41) is 12.3. The maximum Gasteiger partial charge on any atom is 0.304 e. The number of carbonyl (C=O) groups excluding carboxylic acids is 1. The van der Waals surface area contributed by atoms with E-state index in [4.69, 9.17) is 11.6 Å². The zero-order chi connectivity index (χ0) is 20.1. The molecule has 1 aliphatic carbocycles. The SMILES string of the molecule is CN(C(=O)C(CC(=O)O)CC1CCCCC1)c1nc(-c2ccccc2Cl)cs1. The highest BCUT2D eigenvalue weighted by atomic mass is 35.5. The quantitative estimate of drug-likeness (QED) is 0.643. The van der Waals surface area contributed by atoms with Crippen LogP contribution in [-0.2, 0) is 9.59 Å². The summed E-state index contributed by atoms with van der Waals surface area (Å²) in [5.74, 6) is -1.19. The molecule has 2 aromatic rings. The smallest absolute Gasteiger partial charge is 0.304 e. The molecule has 0 spiro atoms. The molecule has 1 heterocycles. The number of carboxylic acids is 1. The van der Waals surface area contributed by atoms with Gasteiger partial charge in [0, 0.05) is 28.9 Å². The molecule has 5 nitrogen and oxygen atoms in total. The van der Waals surface area contributed by atoms with Crippen molar-refractivity contribution in [2.75, 3.05) is 11.9 Å². The van der Waals surface area contributed by atoms with Crippen molar-refractivity contribution >= 4 is 39.9 Å². The van der Waals surface area contributed by atoms with Crippen molar-refractivity contribution in [3.63, 3.8) is 0 Å². The molecule has 1 N–H and O–H groups in total. The van der Waals surface area contributed by atoms with Gasteiger partial charge in [-0.15, -0.1) is 11.3 Å². The summed E-state index contributed by atoms with van der Waals surface area (Å²) in [6, 6.07) is 7.44. The minimum atomic E-state index is -0.932. The first-order valence-electron chi connectivity index (χ1n) is 9.65. The summed E-state index contributed by atoms with van der Waals surface area (Å²) in [6.45, 7) is 0. The number of nitrogens with zero attached hydrogens (tertiary/aromatic N) is 2. The molecule has 1 aromatic heterocycles. The monoisotopic (exact) mass is 420 g/mol. The van der Waals surface area contributed by atoms with Crippen LogP contribution >= 0.6 is 22.9 Å². The third-order valence-corrected chi connectivity index (χ3v) is 6.62. The first-order chi connectivity index (χ1) is 13.5. The van der Waals surface area contributed by atoms with Crippen LogP contribution in [-0.4, -0.2) is 29.0 Å². The van der Waals surface area contributed by atoms with E-state index in [1.54, 1.807) is 13.1 Å². The van der Waals surface area contributed by atoms with E-state index in [9.17, 15) is 14.7 Å². The molecule has 3 rings (SSSR count). The van der Waals surface area contributed by atoms with Crippen molar-refractivity contribution in [3.8, 4) is 11.3 Å². The fourth-order valence-corrected chi connectivity index (χ4v) is 4.91. The maximum atomic E-state index is 13.1. The largest absolute Gasteiger partial charge is 0.481 e. The van der Waals surface area contributed by atoms with Crippen LogP contribution < -0.4 is 4.90 Å². The fourth-order valence-electron chi connectivity index (χ4n) is 3.89. The number of thiazole rings is 1. The number of carboxylic acid groups (broad SMARTS) is 1. The average molecular weight is 421 g/mol.